The number of pyridine rings is 1. The molecule has 24 heavy (non-hydrogen) atoms. The minimum atomic E-state index is -0.0826. The molecule has 1 aliphatic rings. The van der Waals surface area contributed by atoms with E-state index >= 15 is 0 Å². The van der Waals surface area contributed by atoms with Gasteiger partial charge in [0.25, 0.3) is 0 Å². The molecule has 0 saturated carbocycles. The lowest BCUT2D eigenvalue weighted by Gasteiger charge is -2.27. The molecule has 1 saturated heterocycles. The highest BCUT2D eigenvalue weighted by Gasteiger charge is 2.15. The topological polar surface area (TPSA) is 84.1 Å². The summed E-state index contributed by atoms with van der Waals surface area (Å²) in [7, 11) is 0. The predicted octanol–water partition coefficient (Wildman–Crippen LogP) is 2.76. The van der Waals surface area contributed by atoms with E-state index in [9.17, 15) is 4.79 Å². The van der Waals surface area contributed by atoms with Crippen molar-refractivity contribution in [2.75, 3.05) is 24.1 Å². The van der Waals surface area contributed by atoms with Crippen LogP contribution in [0.1, 0.15) is 30.2 Å². The van der Waals surface area contributed by atoms with Gasteiger partial charge in [0.15, 0.2) is 5.13 Å². The SMILES string of the molecule is CC(=O)Nc1ncc(CN2CCC(=Cc3ccc(N)nc3)CC2)s1. The quantitative estimate of drug-likeness (QED) is 0.892. The molecule has 1 fully saturated rings. The van der Waals surface area contributed by atoms with Gasteiger partial charge in [-0.2, -0.15) is 0 Å². The number of nitrogens with two attached hydrogens (primary N) is 1. The minimum Gasteiger partial charge on any atom is -0.384 e. The Morgan fingerprint density at radius 1 is 1.33 bits per heavy atom. The van der Waals surface area contributed by atoms with Gasteiger partial charge in [0.05, 0.1) is 0 Å². The molecule has 3 heterocycles. The van der Waals surface area contributed by atoms with Gasteiger partial charge < -0.3 is 11.1 Å². The summed E-state index contributed by atoms with van der Waals surface area (Å²) >= 11 is 1.54. The van der Waals surface area contributed by atoms with Gasteiger partial charge in [0.2, 0.25) is 5.91 Å². The number of hydrogen-bond acceptors (Lipinski definition) is 6. The number of nitrogens with zero attached hydrogens (tertiary/aromatic N) is 3. The molecule has 0 spiro atoms. The van der Waals surface area contributed by atoms with Crippen LogP contribution in [0.2, 0.25) is 0 Å². The zero-order valence-corrected chi connectivity index (χ0v) is 14.5. The lowest BCUT2D eigenvalue weighted by molar-refractivity contribution is -0.114. The second-order valence-electron chi connectivity index (χ2n) is 5.91. The fourth-order valence-corrected chi connectivity index (χ4v) is 3.59. The Hall–Kier alpha value is -2.25. The molecule has 1 amide bonds. The summed E-state index contributed by atoms with van der Waals surface area (Å²) in [5.74, 6) is 0.468. The standard InChI is InChI=1S/C17H21N5OS/c1-12(23)21-17-20-10-15(24-17)11-22-6-4-13(5-7-22)8-14-2-3-16(18)19-9-14/h2-3,8-10H,4-7,11H2,1H3,(H2,18,19)(H,20,21,23). The number of thiazole rings is 1. The molecule has 3 N–H and O–H groups in total. The van der Waals surface area contributed by atoms with Gasteiger partial charge in [-0.25, -0.2) is 9.97 Å². The summed E-state index contributed by atoms with van der Waals surface area (Å²) in [4.78, 5) is 23.0. The number of amides is 1. The normalized spacial score (nSPS) is 15.3. The fraction of sp³-hybridized carbons (Fsp3) is 0.353. The van der Waals surface area contributed by atoms with Crippen molar-refractivity contribution in [1.29, 1.82) is 0 Å². The van der Waals surface area contributed by atoms with Crippen LogP contribution >= 0.6 is 11.3 Å². The van der Waals surface area contributed by atoms with Crippen molar-refractivity contribution >= 4 is 34.3 Å². The van der Waals surface area contributed by atoms with E-state index in [2.05, 4.69) is 26.3 Å². The van der Waals surface area contributed by atoms with Gasteiger partial charge in [-0.1, -0.05) is 11.6 Å². The number of aromatic nitrogens is 2. The summed E-state index contributed by atoms with van der Waals surface area (Å²) in [6, 6.07) is 3.83. The summed E-state index contributed by atoms with van der Waals surface area (Å²) in [6.45, 7) is 4.44. The smallest absolute Gasteiger partial charge is 0.223 e. The zero-order chi connectivity index (χ0) is 16.9. The summed E-state index contributed by atoms with van der Waals surface area (Å²) < 4.78 is 0. The van der Waals surface area contributed by atoms with Gasteiger partial charge >= 0.3 is 0 Å². The highest BCUT2D eigenvalue weighted by atomic mass is 32.1. The molecule has 0 radical (unpaired) electrons. The van der Waals surface area contributed by atoms with Crippen LogP contribution in [0.3, 0.4) is 0 Å². The number of nitrogen functional groups attached to an aromatic ring is 1. The van der Waals surface area contributed by atoms with Crippen LogP contribution in [0.15, 0.2) is 30.1 Å². The Morgan fingerprint density at radius 3 is 2.79 bits per heavy atom. The first kappa shape index (κ1) is 16.6. The Labute approximate surface area is 145 Å². The highest BCUT2D eigenvalue weighted by molar-refractivity contribution is 7.15. The van der Waals surface area contributed by atoms with Crippen LogP contribution in [-0.2, 0) is 11.3 Å². The number of hydrogen-bond donors (Lipinski definition) is 2. The molecule has 2 aromatic heterocycles. The minimum absolute atomic E-state index is 0.0826. The number of nitrogens with one attached hydrogen (secondary N) is 1. The lowest BCUT2D eigenvalue weighted by atomic mass is 10.0. The third-order valence-corrected chi connectivity index (χ3v) is 4.79. The van der Waals surface area contributed by atoms with Crippen LogP contribution < -0.4 is 11.1 Å². The van der Waals surface area contributed by atoms with Gasteiger partial charge in [-0.15, -0.1) is 11.3 Å². The predicted molar refractivity (Wildman–Crippen MR) is 97.6 cm³/mol. The molecule has 7 heteroatoms. The van der Waals surface area contributed by atoms with Gasteiger partial charge in [-0.3, -0.25) is 9.69 Å². The number of anilines is 2. The molecule has 3 rings (SSSR count). The molecular weight excluding hydrogens is 322 g/mol. The maximum absolute atomic E-state index is 11.0. The van der Waals surface area contributed by atoms with Crippen LogP contribution in [0, 0.1) is 0 Å². The third kappa shape index (κ3) is 4.62. The Balaban J connectivity index is 1.52. The molecule has 0 aromatic carbocycles. The van der Waals surface area contributed by atoms with Gasteiger partial charge in [0.1, 0.15) is 5.82 Å². The van der Waals surface area contributed by atoms with Crippen molar-refractivity contribution in [3.8, 4) is 0 Å². The van der Waals surface area contributed by atoms with E-state index in [0.717, 1.165) is 38.0 Å². The molecule has 0 aliphatic carbocycles. The van der Waals surface area contributed by atoms with E-state index in [-0.39, 0.29) is 5.91 Å². The number of rotatable bonds is 4. The fourth-order valence-electron chi connectivity index (χ4n) is 2.69. The molecule has 0 bridgehead atoms. The first-order valence-corrected chi connectivity index (χ1v) is 8.76. The van der Waals surface area contributed by atoms with Crippen LogP contribution in [0.25, 0.3) is 6.08 Å². The van der Waals surface area contributed by atoms with E-state index in [1.807, 2.05) is 24.5 Å². The number of carbonyl (C=O) groups excluding carboxylic acids is 1. The average molecular weight is 343 g/mol. The largest absolute Gasteiger partial charge is 0.384 e. The van der Waals surface area contributed by atoms with Crippen molar-refractivity contribution in [3.05, 3.63) is 40.5 Å². The van der Waals surface area contributed by atoms with E-state index in [1.165, 1.54) is 17.4 Å². The van der Waals surface area contributed by atoms with E-state index in [0.29, 0.717) is 10.9 Å². The van der Waals surface area contributed by atoms with E-state index < -0.39 is 0 Å². The second kappa shape index (κ2) is 7.55. The van der Waals surface area contributed by atoms with Crippen molar-refractivity contribution in [3.63, 3.8) is 0 Å². The summed E-state index contributed by atoms with van der Waals surface area (Å²) in [5.41, 5.74) is 8.17. The van der Waals surface area contributed by atoms with Crippen molar-refractivity contribution < 1.29 is 4.79 Å². The lowest BCUT2D eigenvalue weighted by Crippen LogP contribution is -2.29. The Morgan fingerprint density at radius 2 is 2.12 bits per heavy atom. The van der Waals surface area contributed by atoms with Crippen molar-refractivity contribution in [1.82, 2.24) is 14.9 Å². The van der Waals surface area contributed by atoms with Crippen LogP contribution in [-0.4, -0.2) is 33.9 Å². The molecule has 126 valence electrons. The molecular formula is C17H21N5OS. The van der Waals surface area contributed by atoms with Crippen molar-refractivity contribution in [2.45, 2.75) is 26.3 Å². The monoisotopic (exact) mass is 343 g/mol. The summed E-state index contributed by atoms with van der Waals surface area (Å²) in [5, 5.41) is 3.40. The number of carbonyl (C=O) groups is 1. The number of likely N-dealkylation sites (tertiary alicyclic amines) is 1. The molecule has 2 aromatic rings. The van der Waals surface area contributed by atoms with Crippen LogP contribution in [0.4, 0.5) is 10.9 Å². The Bertz CT molecular complexity index is 728. The van der Waals surface area contributed by atoms with E-state index in [4.69, 9.17) is 5.73 Å². The average Bonchev–Trinajstić information content (AvgIpc) is 2.98. The van der Waals surface area contributed by atoms with Crippen LogP contribution in [0.5, 0.6) is 0 Å². The molecule has 1 aliphatic heterocycles. The Kier molecular flexibility index (Phi) is 5.22. The number of piperidine rings is 1. The van der Waals surface area contributed by atoms with E-state index in [1.54, 1.807) is 11.3 Å². The molecule has 0 unspecified atom stereocenters. The van der Waals surface area contributed by atoms with Gasteiger partial charge in [-0.05, 0) is 30.5 Å². The second-order valence-corrected chi connectivity index (χ2v) is 7.02. The molecule has 0 atom stereocenters. The highest BCUT2D eigenvalue weighted by Crippen LogP contribution is 2.24. The zero-order valence-electron chi connectivity index (χ0n) is 13.7. The first-order chi connectivity index (χ1) is 11.6. The van der Waals surface area contributed by atoms with Gasteiger partial charge in [0, 0.05) is 43.8 Å². The maximum Gasteiger partial charge on any atom is 0.223 e. The van der Waals surface area contributed by atoms with Crippen molar-refractivity contribution in [2.24, 2.45) is 0 Å². The summed E-state index contributed by atoms with van der Waals surface area (Å²) in [6.07, 6.45) is 7.99. The third-order valence-electron chi connectivity index (χ3n) is 3.89. The maximum atomic E-state index is 11.0. The first-order valence-electron chi connectivity index (χ1n) is 7.94. The molecule has 6 nitrogen and oxygen atoms in total.